The van der Waals surface area contributed by atoms with Crippen LogP contribution in [-0.4, -0.2) is 11.7 Å². The van der Waals surface area contributed by atoms with Crippen molar-refractivity contribution in [2.45, 2.75) is 12.7 Å². The summed E-state index contributed by atoms with van der Waals surface area (Å²) in [6.45, 7) is 2.10. The number of aryl methyl sites for hydroxylation is 1. The van der Waals surface area contributed by atoms with E-state index in [1.54, 1.807) is 11.8 Å². The first-order valence-corrected chi connectivity index (χ1v) is 9.69. The molecule has 4 rings (SSSR count). The summed E-state index contributed by atoms with van der Waals surface area (Å²) in [6.07, 6.45) is 0. The van der Waals surface area contributed by atoms with Gasteiger partial charge < -0.3 is 9.73 Å². The summed E-state index contributed by atoms with van der Waals surface area (Å²) in [6, 6.07) is 22.0. The first kappa shape index (κ1) is 16.7. The molecule has 0 unspecified atom stereocenters. The summed E-state index contributed by atoms with van der Waals surface area (Å²) < 4.78 is 5.87. The minimum atomic E-state index is -0.000884. The molecule has 0 aliphatic carbocycles. The van der Waals surface area contributed by atoms with Crippen LogP contribution in [0.5, 0.6) is 0 Å². The maximum Gasteiger partial charge on any atom is 0.234 e. The van der Waals surface area contributed by atoms with Crippen LogP contribution in [0.25, 0.3) is 21.9 Å². The van der Waals surface area contributed by atoms with Crippen LogP contribution in [0.2, 0.25) is 0 Å². The predicted molar refractivity (Wildman–Crippen MR) is 110 cm³/mol. The molecule has 26 heavy (non-hydrogen) atoms. The molecule has 0 saturated carbocycles. The maximum atomic E-state index is 12.2. The predicted octanol–water partition coefficient (Wildman–Crippen LogP) is 5.77. The number of furan rings is 1. The van der Waals surface area contributed by atoms with Crippen LogP contribution in [0.3, 0.4) is 0 Å². The molecule has 4 heteroatoms. The van der Waals surface area contributed by atoms with Crippen molar-refractivity contribution >= 4 is 45.3 Å². The van der Waals surface area contributed by atoms with Crippen LogP contribution in [0.1, 0.15) is 11.1 Å². The number of anilines is 1. The minimum Gasteiger partial charge on any atom is -0.456 e. The van der Waals surface area contributed by atoms with Gasteiger partial charge in [-0.2, -0.15) is 0 Å². The molecular weight excluding hydrogens is 342 g/mol. The van der Waals surface area contributed by atoms with E-state index in [4.69, 9.17) is 4.42 Å². The summed E-state index contributed by atoms with van der Waals surface area (Å²) >= 11 is 1.62. The van der Waals surface area contributed by atoms with Gasteiger partial charge in [0.05, 0.1) is 5.75 Å². The molecule has 0 aliphatic rings. The fourth-order valence-electron chi connectivity index (χ4n) is 3.03. The number of amides is 1. The van der Waals surface area contributed by atoms with Crippen LogP contribution < -0.4 is 5.32 Å². The van der Waals surface area contributed by atoms with Crippen molar-refractivity contribution in [3.8, 4) is 0 Å². The number of hydrogen-bond acceptors (Lipinski definition) is 3. The first-order chi connectivity index (χ1) is 12.7. The summed E-state index contributed by atoms with van der Waals surface area (Å²) in [4.78, 5) is 12.2. The summed E-state index contributed by atoms with van der Waals surface area (Å²) in [5.41, 5.74) is 4.94. The Bertz CT molecular complexity index is 1080. The van der Waals surface area contributed by atoms with Gasteiger partial charge in [0.15, 0.2) is 0 Å². The Morgan fingerprint density at radius 3 is 2.62 bits per heavy atom. The third-order valence-corrected chi connectivity index (χ3v) is 5.40. The van der Waals surface area contributed by atoms with E-state index < -0.39 is 0 Å². The molecule has 0 bridgehead atoms. The second kappa shape index (κ2) is 7.26. The van der Waals surface area contributed by atoms with Gasteiger partial charge in [-0.25, -0.2) is 0 Å². The van der Waals surface area contributed by atoms with Crippen LogP contribution in [0, 0.1) is 6.92 Å². The molecule has 0 saturated heterocycles. The Morgan fingerprint density at radius 2 is 1.73 bits per heavy atom. The average Bonchev–Trinajstić information content (AvgIpc) is 3.01. The Labute approximate surface area is 156 Å². The zero-order valence-corrected chi connectivity index (χ0v) is 15.3. The van der Waals surface area contributed by atoms with E-state index in [1.807, 2.05) is 54.6 Å². The number of carbonyl (C=O) groups is 1. The number of carbonyl (C=O) groups excluding carboxylic acids is 1. The highest BCUT2D eigenvalue weighted by Gasteiger charge is 2.09. The summed E-state index contributed by atoms with van der Waals surface area (Å²) in [7, 11) is 0. The van der Waals surface area contributed by atoms with Gasteiger partial charge in [-0.1, -0.05) is 42.5 Å². The van der Waals surface area contributed by atoms with Gasteiger partial charge in [-0.15, -0.1) is 11.8 Å². The van der Waals surface area contributed by atoms with Gasteiger partial charge in [0.25, 0.3) is 0 Å². The molecule has 0 atom stereocenters. The monoisotopic (exact) mass is 361 g/mol. The second-order valence-corrected chi connectivity index (χ2v) is 7.26. The van der Waals surface area contributed by atoms with Gasteiger partial charge in [0.2, 0.25) is 5.91 Å². The van der Waals surface area contributed by atoms with Gasteiger partial charge in [0.1, 0.15) is 11.2 Å². The number of hydrogen-bond donors (Lipinski definition) is 1. The van der Waals surface area contributed by atoms with E-state index in [9.17, 15) is 4.79 Å². The van der Waals surface area contributed by atoms with Gasteiger partial charge >= 0.3 is 0 Å². The smallest absolute Gasteiger partial charge is 0.234 e. The van der Waals surface area contributed by atoms with Gasteiger partial charge in [0, 0.05) is 28.3 Å². The maximum absolute atomic E-state index is 12.2. The highest BCUT2D eigenvalue weighted by molar-refractivity contribution is 7.99. The Hall–Kier alpha value is -2.72. The minimum absolute atomic E-state index is 0.000884. The molecule has 1 amide bonds. The highest BCUT2D eigenvalue weighted by Crippen LogP contribution is 2.30. The van der Waals surface area contributed by atoms with Crippen molar-refractivity contribution in [2.24, 2.45) is 0 Å². The molecule has 130 valence electrons. The Kier molecular flexibility index (Phi) is 4.67. The first-order valence-electron chi connectivity index (χ1n) is 8.54. The molecule has 0 spiro atoms. The average molecular weight is 361 g/mol. The molecule has 4 aromatic rings. The number of nitrogens with one attached hydrogen (secondary N) is 1. The van der Waals surface area contributed by atoms with Gasteiger partial charge in [-0.3, -0.25) is 4.79 Å². The Morgan fingerprint density at radius 1 is 0.962 bits per heavy atom. The van der Waals surface area contributed by atoms with Crippen molar-refractivity contribution in [3.05, 3.63) is 77.9 Å². The normalized spacial score (nSPS) is 11.1. The lowest BCUT2D eigenvalue weighted by Crippen LogP contribution is -2.14. The molecule has 0 fully saturated rings. The van der Waals surface area contributed by atoms with Gasteiger partial charge in [-0.05, 0) is 36.2 Å². The van der Waals surface area contributed by atoms with Crippen molar-refractivity contribution in [1.29, 1.82) is 0 Å². The molecule has 1 heterocycles. The van der Waals surface area contributed by atoms with Crippen LogP contribution in [0.15, 0.2) is 71.1 Å². The number of para-hydroxylation sites is 1. The van der Waals surface area contributed by atoms with Crippen molar-refractivity contribution < 1.29 is 9.21 Å². The topological polar surface area (TPSA) is 42.2 Å². The molecule has 0 radical (unpaired) electrons. The number of fused-ring (bicyclic) bond motifs is 3. The fourth-order valence-corrected chi connectivity index (χ4v) is 3.93. The van der Waals surface area contributed by atoms with E-state index in [-0.39, 0.29) is 5.91 Å². The third-order valence-electron chi connectivity index (χ3n) is 4.41. The van der Waals surface area contributed by atoms with E-state index in [0.29, 0.717) is 5.75 Å². The molecular formula is C22H19NO2S. The zero-order valence-electron chi connectivity index (χ0n) is 14.5. The quantitative estimate of drug-likeness (QED) is 0.491. The third kappa shape index (κ3) is 3.46. The zero-order chi connectivity index (χ0) is 17.9. The standard InChI is InChI=1S/C22H19NO2S/c1-15-6-2-3-7-16(15)13-26-14-22(24)23-17-10-11-19-18-8-4-5-9-20(18)25-21(19)12-17/h2-12H,13-14H2,1H3,(H,23,24). The van der Waals surface area contributed by atoms with E-state index >= 15 is 0 Å². The lowest BCUT2D eigenvalue weighted by Gasteiger charge is -2.07. The number of benzene rings is 3. The Balaban J connectivity index is 1.41. The SMILES string of the molecule is Cc1ccccc1CSCC(=O)Nc1ccc2c(c1)oc1ccccc12. The summed E-state index contributed by atoms with van der Waals surface area (Å²) in [5, 5.41) is 5.11. The number of rotatable bonds is 5. The highest BCUT2D eigenvalue weighted by atomic mass is 32.2. The van der Waals surface area contributed by atoms with Crippen molar-refractivity contribution in [3.63, 3.8) is 0 Å². The molecule has 3 aromatic carbocycles. The molecule has 1 N–H and O–H groups in total. The van der Waals surface area contributed by atoms with Crippen LogP contribution in [0.4, 0.5) is 5.69 Å². The number of thioether (sulfide) groups is 1. The lowest BCUT2D eigenvalue weighted by molar-refractivity contribution is -0.113. The molecule has 0 aliphatic heterocycles. The molecule has 3 nitrogen and oxygen atoms in total. The lowest BCUT2D eigenvalue weighted by atomic mass is 10.1. The largest absolute Gasteiger partial charge is 0.456 e. The van der Waals surface area contributed by atoms with E-state index in [0.717, 1.165) is 33.4 Å². The second-order valence-electron chi connectivity index (χ2n) is 6.28. The van der Waals surface area contributed by atoms with Crippen molar-refractivity contribution in [2.75, 3.05) is 11.1 Å². The van der Waals surface area contributed by atoms with Crippen LogP contribution in [-0.2, 0) is 10.5 Å². The molecule has 1 aromatic heterocycles. The van der Waals surface area contributed by atoms with E-state index in [1.165, 1.54) is 11.1 Å². The fraction of sp³-hybridized carbons (Fsp3) is 0.136. The van der Waals surface area contributed by atoms with Crippen molar-refractivity contribution in [1.82, 2.24) is 0 Å². The van der Waals surface area contributed by atoms with E-state index in [2.05, 4.69) is 24.4 Å². The van der Waals surface area contributed by atoms with Crippen LogP contribution >= 0.6 is 11.8 Å². The summed E-state index contributed by atoms with van der Waals surface area (Å²) in [5.74, 6) is 1.26.